The summed E-state index contributed by atoms with van der Waals surface area (Å²) in [6.07, 6.45) is 2.21. The zero-order chi connectivity index (χ0) is 7.56. The van der Waals surface area contributed by atoms with Crippen LogP contribution >= 0.6 is 11.3 Å². The lowest BCUT2D eigenvalue weighted by Gasteiger charge is -1.85. The van der Waals surface area contributed by atoms with Gasteiger partial charge in [0.15, 0.2) is 0 Å². The molecular weight excluding hydrogens is 140 g/mol. The van der Waals surface area contributed by atoms with Gasteiger partial charge in [-0.2, -0.15) is 0 Å². The predicted octanol–water partition coefficient (Wildman–Crippen LogP) is 3.48. The summed E-state index contributed by atoms with van der Waals surface area (Å²) < 4.78 is 0. The molecule has 0 N–H and O–H groups in total. The van der Waals surface area contributed by atoms with Crippen molar-refractivity contribution >= 4 is 17.4 Å². The van der Waals surface area contributed by atoms with Crippen molar-refractivity contribution in [2.75, 3.05) is 0 Å². The van der Waals surface area contributed by atoms with Crippen molar-refractivity contribution in [2.24, 2.45) is 0 Å². The number of allylic oxidation sites excluding steroid dienone is 1. The molecule has 0 aliphatic heterocycles. The Kier molecular flexibility index (Phi) is 2.28. The van der Waals surface area contributed by atoms with E-state index >= 15 is 0 Å². The van der Waals surface area contributed by atoms with Gasteiger partial charge >= 0.3 is 0 Å². The quantitative estimate of drug-likeness (QED) is 0.578. The van der Waals surface area contributed by atoms with Crippen LogP contribution in [0, 0.1) is 6.92 Å². The second-order valence-corrected chi connectivity index (χ2v) is 3.99. The van der Waals surface area contributed by atoms with Crippen LogP contribution in [0.5, 0.6) is 0 Å². The van der Waals surface area contributed by atoms with E-state index in [1.807, 2.05) is 11.3 Å². The highest BCUT2D eigenvalue weighted by atomic mass is 32.1. The van der Waals surface area contributed by atoms with E-state index in [1.54, 1.807) is 0 Å². The van der Waals surface area contributed by atoms with Gasteiger partial charge in [-0.05, 0) is 39.0 Å². The molecule has 0 fully saturated rings. The van der Waals surface area contributed by atoms with Gasteiger partial charge in [0.05, 0.1) is 0 Å². The van der Waals surface area contributed by atoms with Gasteiger partial charge in [0.2, 0.25) is 0 Å². The van der Waals surface area contributed by atoms with Crippen molar-refractivity contribution in [3.8, 4) is 0 Å². The Labute approximate surface area is 66.2 Å². The largest absolute Gasteiger partial charge is 0.141 e. The van der Waals surface area contributed by atoms with Gasteiger partial charge in [0.1, 0.15) is 0 Å². The summed E-state index contributed by atoms with van der Waals surface area (Å²) in [6, 6.07) is 4.31. The third kappa shape index (κ3) is 1.99. The maximum absolute atomic E-state index is 2.21. The van der Waals surface area contributed by atoms with Crippen molar-refractivity contribution in [1.29, 1.82) is 0 Å². The molecule has 0 aromatic carbocycles. The van der Waals surface area contributed by atoms with Crippen LogP contribution in [-0.2, 0) is 0 Å². The molecule has 1 aromatic rings. The average molecular weight is 152 g/mol. The molecular formula is C9H12S. The fraction of sp³-hybridized carbons (Fsp3) is 0.333. The summed E-state index contributed by atoms with van der Waals surface area (Å²) in [6.45, 7) is 6.37. The smallest absolute Gasteiger partial charge is 0.0272 e. The van der Waals surface area contributed by atoms with Crippen LogP contribution in [0.2, 0.25) is 0 Å². The molecule has 54 valence electrons. The molecule has 1 aromatic heterocycles. The van der Waals surface area contributed by atoms with E-state index in [2.05, 4.69) is 39.0 Å². The van der Waals surface area contributed by atoms with E-state index < -0.39 is 0 Å². The van der Waals surface area contributed by atoms with E-state index in [0.29, 0.717) is 0 Å². The van der Waals surface area contributed by atoms with E-state index in [0.717, 1.165) is 0 Å². The molecule has 0 unspecified atom stereocenters. The second kappa shape index (κ2) is 3.02. The molecule has 0 aliphatic carbocycles. The lowest BCUT2D eigenvalue weighted by atomic mass is 10.3. The monoisotopic (exact) mass is 152 g/mol. The van der Waals surface area contributed by atoms with Crippen molar-refractivity contribution in [2.45, 2.75) is 20.8 Å². The molecule has 1 rings (SSSR count). The Morgan fingerprint density at radius 3 is 2.50 bits per heavy atom. The first-order chi connectivity index (χ1) is 4.68. The molecule has 0 radical (unpaired) electrons. The second-order valence-electron chi connectivity index (χ2n) is 2.67. The zero-order valence-corrected chi connectivity index (χ0v) is 7.46. The summed E-state index contributed by atoms with van der Waals surface area (Å²) in [5.41, 5.74) is 1.36. The van der Waals surface area contributed by atoms with Crippen molar-refractivity contribution in [3.63, 3.8) is 0 Å². The van der Waals surface area contributed by atoms with E-state index in [9.17, 15) is 0 Å². The van der Waals surface area contributed by atoms with Crippen LogP contribution in [0.15, 0.2) is 17.7 Å². The number of rotatable bonds is 1. The minimum atomic E-state index is 1.36. The van der Waals surface area contributed by atoms with E-state index in [4.69, 9.17) is 0 Å². The molecule has 0 bridgehead atoms. The lowest BCUT2D eigenvalue weighted by Crippen LogP contribution is -1.60. The Balaban J connectivity index is 2.86. The Morgan fingerprint density at radius 1 is 1.40 bits per heavy atom. The van der Waals surface area contributed by atoms with Crippen LogP contribution in [0.25, 0.3) is 6.08 Å². The third-order valence-corrected chi connectivity index (χ3v) is 2.14. The first-order valence-electron chi connectivity index (χ1n) is 3.40. The first-order valence-corrected chi connectivity index (χ1v) is 4.21. The van der Waals surface area contributed by atoms with Crippen LogP contribution < -0.4 is 0 Å². The number of hydrogen-bond acceptors (Lipinski definition) is 1. The summed E-state index contributed by atoms with van der Waals surface area (Å²) >= 11 is 1.84. The molecule has 0 aliphatic rings. The molecule has 0 nitrogen and oxygen atoms in total. The molecule has 0 atom stereocenters. The van der Waals surface area contributed by atoms with Crippen LogP contribution in [0.1, 0.15) is 23.6 Å². The Hall–Kier alpha value is -0.560. The lowest BCUT2D eigenvalue weighted by molar-refractivity contribution is 1.43. The number of thiophene rings is 1. The fourth-order valence-electron chi connectivity index (χ4n) is 0.816. The van der Waals surface area contributed by atoms with Gasteiger partial charge in [0, 0.05) is 9.75 Å². The average Bonchev–Trinajstić information content (AvgIpc) is 2.13. The number of hydrogen-bond donors (Lipinski definition) is 0. The summed E-state index contributed by atoms with van der Waals surface area (Å²) in [5, 5.41) is 0. The summed E-state index contributed by atoms with van der Waals surface area (Å²) in [4.78, 5) is 2.74. The van der Waals surface area contributed by atoms with Crippen LogP contribution in [0.4, 0.5) is 0 Å². The minimum absolute atomic E-state index is 1.36. The molecule has 0 spiro atoms. The number of aryl methyl sites for hydroxylation is 1. The summed E-state index contributed by atoms with van der Waals surface area (Å²) in [7, 11) is 0. The van der Waals surface area contributed by atoms with Crippen molar-refractivity contribution < 1.29 is 0 Å². The zero-order valence-electron chi connectivity index (χ0n) is 6.64. The molecule has 1 heteroatoms. The van der Waals surface area contributed by atoms with Gasteiger partial charge in [-0.15, -0.1) is 11.3 Å². The maximum Gasteiger partial charge on any atom is 0.0272 e. The highest BCUT2D eigenvalue weighted by Crippen LogP contribution is 2.17. The predicted molar refractivity (Wildman–Crippen MR) is 48.4 cm³/mol. The van der Waals surface area contributed by atoms with Gasteiger partial charge in [0.25, 0.3) is 0 Å². The van der Waals surface area contributed by atoms with Crippen molar-refractivity contribution in [1.82, 2.24) is 0 Å². The van der Waals surface area contributed by atoms with E-state index in [-0.39, 0.29) is 0 Å². The van der Waals surface area contributed by atoms with Crippen LogP contribution in [-0.4, -0.2) is 0 Å². The topological polar surface area (TPSA) is 0 Å². The Morgan fingerprint density at radius 2 is 2.10 bits per heavy atom. The van der Waals surface area contributed by atoms with Crippen LogP contribution in [0.3, 0.4) is 0 Å². The fourth-order valence-corrected chi connectivity index (χ4v) is 1.75. The molecule has 0 saturated carbocycles. The molecule has 10 heavy (non-hydrogen) atoms. The minimum Gasteiger partial charge on any atom is -0.141 e. The molecule has 1 heterocycles. The van der Waals surface area contributed by atoms with Gasteiger partial charge in [-0.25, -0.2) is 0 Å². The highest BCUT2D eigenvalue weighted by molar-refractivity contribution is 7.12. The molecule has 0 saturated heterocycles. The van der Waals surface area contributed by atoms with Gasteiger partial charge < -0.3 is 0 Å². The first kappa shape index (κ1) is 7.55. The maximum atomic E-state index is 2.21. The SMILES string of the molecule is CC(C)=Cc1ccc(C)s1. The summed E-state index contributed by atoms with van der Waals surface area (Å²) in [5.74, 6) is 0. The van der Waals surface area contributed by atoms with E-state index in [1.165, 1.54) is 15.3 Å². The highest BCUT2D eigenvalue weighted by Gasteiger charge is 1.90. The third-order valence-electron chi connectivity index (χ3n) is 1.19. The van der Waals surface area contributed by atoms with Gasteiger partial charge in [-0.1, -0.05) is 5.57 Å². The Bertz CT molecular complexity index is 239. The molecule has 0 amide bonds. The standard InChI is InChI=1S/C9H12S/c1-7(2)6-9-5-4-8(3)10-9/h4-6H,1-3H3. The van der Waals surface area contributed by atoms with Gasteiger partial charge in [-0.3, -0.25) is 0 Å². The normalized spacial score (nSPS) is 9.50. The van der Waals surface area contributed by atoms with Crippen molar-refractivity contribution in [3.05, 3.63) is 27.5 Å².